The Morgan fingerprint density at radius 1 is 1.20 bits per heavy atom. The van der Waals surface area contributed by atoms with Crippen molar-refractivity contribution in [1.29, 1.82) is 0 Å². The molecule has 0 aliphatic rings. The lowest BCUT2D eigenvalue weighted by Crippen LogP contribution is -2.36. The number of anilines is 2. The first-order chi connectivity index (χ1) is 11.8. The van der Waals surface area contributed by atoms with Gasteiger partial charge in [0.05, 0.1) is 0 Å². The van der Waals surface area contributed by atoms with Crippen LogP contribution < -0.4 is 16.0 Å². The van der Waals surface area contributed by atoms with Crippen molar-refractivity contribution in [3.63, 3.8) is 0 Å². The van der Waals surface area contributed by atoms with E-state index in [-0.39, 0.29) is 18.0 Å². The Labute approximate surface area is 148 Å². The number of carbonyl (C=O) groups excluding carboxylic acids is 2. The van der Waals surface area contributed by atoms with E-state index in [1.807, 2.05) is 45.3 Å². The molecule has 3 amide bonds. The highest BCUT2D eigenvalue weighted by Crippen LogP contribution is 2.20. The Morgan fingerprint density at radius 2 is 1.96 bits per heavy atom. The van der Waals surface area contributed by atoms with Gasteiger partial charge in [-0.2, -0.15) is 0 Å². The average Bonchev–Trinajstić information content (AvgIpc) is 2.93. The molecule has 0 aliphatic carbocycles. The van der Waals surface area contributed by atoms with Crippen molar-refractivity contribution in [3.05, 3.63) is 47.8 Å². The molecule has 0 spiro atoms. The summed E-state index contributed by atoms with van der Waals surface area (Å²) in [6.45, 7) is 5.35. The summed E-state index contributed by atoms with van der Waals surface area (Å²) < 4.78 is 2.09. The third-order valence-corrected chi connectivity index (χ3v) is 4.07. The molecule has 6 nitrogen and oxygen atoms in total. The lowest BCUT2D eigenvalue weighted by atomic mass is 10.1. The first-order valence-electron chi connectivity index (χ1n) is 8.41. The van der Waals surface area contributed by atoms with Crippen LogP contribution >= 0.6 is 0 Å². The molecule has 1 aromatic heterocycles. The molecule has 25 heavy (non-hydrogen) atoms. The smallest absolute Gasteiger partial charge is 0.319 e. The van der Waals surface area contributed by atoms with E-state index in [0.717, 1.165) is 18.4 Å². The average molecular weight is 342 g/mol. The van der Waals surface area contributed by atoms with Crippen molar-refractivity contribution >= 4 is 23.3 Å². The summed E-state index contributed by atoms with van der Waals surface area (Å²) in [5.74, 6) is -0.145. The first kappa shape index (κ1) is 18.6. The molecule has 0 radical (unpaired) electrons. The van der Waals surface area contributed by atoms with Gasteiger partial charge in [-0.25, -0.2) is 4.79 Å². The normalized spacial score (nSPS) is 11.7. The van der Waals surface area contributed by atoms with Gasteiger partial charge >= 0.3 is 6.03 Å². The minimum Gasteiger partial charge on any atom is -0.354 e. The lowest BCUT2D eigenvalue weighted by Gasteiger charge is -2.16. The molecule has 134 valence electrons. The number of hydrogen-bond acceptors (Lipinski definition) is 2. The van der Waals surface area contributed by atoms with E-state index in [1.54, 1.807) is 6.07 Å². The van der Waals surface area contributed by atoms with E-state index in [1.165, 1.54) is 12.6 Å². The number of nitrogens with zero attached hydrogens (tertiary/aromatic N) is 1. The van der Waals surface area contributed by atoms with Gasteiger partial charge in [0.1, 0.15) is 0 Å². The molecule has 1 aromatic carbocycles. The highest BCUT2D eigenvalue weighted by atomic mass is 16.2. The first-order valence-corrected chi connectivity index (χ1v) is 8.41. The summed E-state index contributed by atoms with van der Waals surface area (Å²) >= 11 is 0. The quantitative estimate of drug-likeness (QED) is 0.752. The fourth-order valence-electron chi connectivity index (χ4n) is 2.61. The number of amides is 3. The summed E-state index contributed by atoms with van der Waals surface area (Å²) in [6.07, 6.45) is 3.78. The van der Waals surface area contributed by atoms with Crippen LogP contribution in [0.1, 0.15) is 31.5 Å². The van der Waals surface area contributed by atoms with Gasteiger partial charge in [0.25, 0.3) is 0 Å². The van der Waals surface area contributed by atoms with Crippen LogP contribution in [0.5, 0.6) is 0 Å². The number of urea groups is 1. The van der Waals surface area contributed by atoms with Crippen LogP contribution in [0.15, 0.2) is 36.5 Å². The largest absolute Gasteiger partial charge is 0.354 e. The standard InChI is InChI=1S/C19H26N4O2/c1-13-7-9-16(21-15(3)24)12-18(13)22-19(25)20-14(2)8-10-17-6-5-11-23(17)4/h5-7,9,11-12,14H,8,10H2,1-4H3,(H,21,24)(H2,20,22,25)/t14-/m0/s1. The minimum absolute atomic E-state index is 0.0498. The molecule has 0 saturated carbocycles. The predicted molar refractivity (Wildman–Crippen MR) is 101 cm³/mol. The summed E-state index contributed by atoms with van der Waals surface area (Å²) in [7, 11) is 2.02. The molecule has 6 heteroatoms. The van der Waals surface area contributed by atoms with Crippen LogP contribution in [0.4, 0.5) is 16.2 Å². The van der Waals surface area contributed by atoms with E-state index in [9.17, 15) is 9.59 Å². The van der Waals surface area contributed by atoms with Crippen LogP contribution in [0.25, 0.3) is 0 Å². The third kappa shape index (κ3) is 5.67. The van der Waals surface area contributed by atoms with Crippen molar-refractivity contribution in [1.82, 2.24) is 9.88 Å². The molecule has 0 bridgehead atoms. The fraction of sp³-hybridized carbons (Fsp3) is 0.368. The molecule has 2 rings (SSSR count). The maximum atomic E-state index is 12.2. The molecule has 0 fully saturated rings. The van der Waals surface area contributed by atoms with Gasteiger partial charge in [-0.05, 0) is 56.5 Å². The molecular formula is C19H26N4O2. The number of carbonyl (C=O) groups is 2. The second-order valence-electron chi connectivity index (χ2n) is 6.36. The molecule has 2 aromatic rings. The van der Waals surface area contributed by atoms with Crippen molar-refractivity contribution in [3.8, 4) is 0 Å². The van der Waals surface area contributed by atoms with Crippen LogP contribution in [-0.2, 0) is 18.3 Å². The minimum atomic E-state index is -0.248. The summed E-state index contributed by atoms with van der Waals surface area (Å²) in [5.41, 5.74) is 3.51. The van der Waals surface area contributed by atoms with Gasteiger partial charge in [-0.15, -0.1) is 0 Å². The number of rotatable bonds is 6. The number of hydrogen-bond donors (Lipinski definition) is 3. The molecule has 0 saturated heterocycles. The summed E-state index contributed by atoms with van der Waals surface area (Å²) in [6, 6.07) is 9.33. The van der Waals surface area contributed by atoms with Crippen LogP contribution in [0.2, 0.25) is 0 Å². The number of aromatic nitrogens is 1. The van der Waals surface area contributed by atoms with Crippen molar-refractivity contribution < 1.29 is 9.59 Å². The summed E-state index contributed by atoms with van der Waals surface area (Å²) in [4.78, 5) is 23.4. The number of aryl methyl sites for hydroxylation is 3. The topological polar surface area (TPSA) is 75.2 Å². The van der Waals surface area contributed by atoms with Gasteiger partial charge in [-0.3, -0.25) is 4.79 Å². The third-order valence-electron chi connectivity index (χ3n) is 4.07. The van der Waals surface area contributed by atoms with Crippen molar-refractivity contribution in [2.24, 2.45) is 7.05 Å². The van der Waals surface area contributed by atoms with Gasteiger partial charge < -0.3 is 20.5 Å². The van der Waals surface area contributed by atoms with E-state index < -0.39 is 0 Å². The second kappa shape index (κ2) is 8.37. The number of benzene rings is 1. The highest BCUT2D eigenvalue weighted by Gasteiger charge is 2.10. The van der Waals surface area contributed by atoms with Crippen LogP contribution in [-0.4, -0.2) is 22.5 Å². The predicted octanol–water partition coefficient (Wildman–Crippen LogP) is 3.43. The van der Waals surface area contributed by atoms with E-state index >= 15 is 0 Å². The monoisotopic (exact) mass is 342 g/mol. The Hall–Kier alpha value is -2.76. The Kier molecular flexibility index (Phi) is 6.22. The zero-order valence-corrected chi connectivity index (χ0v) is 15.2. The highest BCUT2D eigenvalue weighted by molar-refractivity contribution is 5.93. The maximum absolute atomic E-state index is 12.2. The molecular weight excluding hydrogens is 316 g/mol. The summed E-state index contributed by atoms with van der Waals surface area (Å²) in [5, 5.41) is 8.52. The maximum Gasteiger partial charge on any atom is 0.319 e. The zero-order chi connectivity index (χ0) is 18.4. The van der Waals surface area contributed by atoms with Crippen LogP contribution in [0, 0.1) is 6.92 Å². The Bertz CT molecular complexity index is 752. The lowest BCUT2D eigenvalue weighted by molar-refractivity contribution is -0.114. The van der Waals surface area contributed by atoms with Gasteiger partial charge in [0.15, 0.2) is 0 Å². The second-order valence-corrected chi connectivity index (χ2v) is 6.36. The molecule has 0 unspecified atom stereocenters. The van der Waals surface area contributed by atoms with E-state index in [4.69, 9.17) is 0 Å². The van der Waals surface area contributed by atoms with Crippen molar-refractivity contribution in [2.45, 2.75) is 39.7 Å². The van der Waals surface area contributed by atoms with E-state index in [0.29, 0.717) is 11.4 Å². The Balaban J connectivity index is 1.88. The van der Waals surface area contributed by atoms with E-state index in [2.05, 4.69) is 26.6 Å². The van der Waals surface area contributed by atoms with Gasteiger partial charge in [-0.1, -0.05) is 6.07 Å². The van der Waals surface area contributed by atoms with Crippen molar-refractivity contribution in [2.75, 3.05) is 10.6 Å². The SMILES string of the molecule is CC(=O)Nc1ccc(C)c(NC(=O)N[C@@H](C)CCc2cccn2C)c1. The van der Waals surface area contributed by atoms with Crippen LogP contribution in [0.3, 0.4) is 0 Å². The van der Waals surface area contributed by atoms with Gasteiger partial charge in [0.2, 0.25) is 5.91 Å². The van der Waals surface area contributed by atoms with Gasteiger partial charge in [0, 0.05) is 43.3 Å². The molecule has 3 N–H and O–H groups in total. The molecule has 0 aliphatic heterocycles. The fourth-order valence-corrected chi connectivity index (χ4v) is 2.61. The molecule has 1 atom stereocenters. The zero-order valence-electron chi connectivity index (χ0n) is 15.2. The number of nitrogens with one attached hydrogen (secondary N) is 3. The Morgan fingerprint density at radius 3 is 2.60 bits per heavy atom. The molecule has 1 heterocycles.